The normalized spacial score (nSPS) is 12.5. The molecule has 0 radical (unpaired) electrons. The minimum absolute atomic E-state index is 0. The Labute approximate surface area is 155 Å². The fraction of sp³-hybridized carbons (Fsp3) is 0.650. The van der Waals surface area contributed by atoms with E-state index < -0.39 is 0 Å². The van der Waals surface area contributed by atoms with Gasteiger partial charge >= 0.3 is 0 Å². The molecule has 0 bridgehead atoms. The minimum Gasteiger partial charge on any atom is -1.00 e. The zero-order chi connectivity index (χ0) is 17.9. The van der Waals surface area contributed by atoms with Gasteiger partial charge in [0.25, 0.3) is 0 Å². The second-order valence-corrected chi connectivity index (χ2v) is 7.70. The highest BCUT2D eigenvalue weighted by Gasteiger charge is 2.06. The quantitative estimate of drug-likeness (QED) is 0.356. The Morgan fingerprint density at radius 1 is 0.917 bits per heavy atom. The van der Waals surface area contributed by atoms with Gasteiger partial charge in [-0.3, -0.25) is 4.79 Å². The van der Waals surface area contributed by atoms with Crippen molar-refractivity contribution in [1.29, 1.82) is 0 Å². The van der Waals surface area contributed by atoms with Crippen LogP contribution in [0.3, 0.4) is 0 Å². The van der Waals surface area contributed by atoms with E-state index in [1.54, 1.807) is 6.08 Å². The highest BCUT2D eigenvalue weighted by Crippen LogP contribution is 2.11. The number of likely N-dealkylation sites (N-methyl/N-ethyl adjacent to an activating group) is 1. The molecule has 0 aromatic heterocycles. The summed E-state index contributed by atoms with van der Waals surface area (Å²) < 4.78 is 0.861. The molecule has 4 heteroatoms. The van der Waals surface area contributed by atoms with Gasteiger partial charge in [-0.05, 0) is 53.4 Å². The summed E-state index contributed by atoms with van der Waals surface area (Å²) in [5, 5.41) is 2.95. The number of carbonyl (C=O) groups excluding carboxylic acids is 1. The molecule has 0 heterocycles. The lowest BCUT2D eigenvalue weighted by molar-refractivity contribution is -0.869. The summed E-state index contributed by atoms with van der Waals surface area (Å²) in [5.74, 6) is 0.0280. The molecule has 0 fully saturated rings. The van der Waals surface area contributed by atoms with Gasteiger partial charge in [0.1, 0.15) is 0 Å². The van der Waals surface area contributed by atoms with Crippen LogP contribution in [0.15, 0.2) is 34.9 Å². The number of nitrogens with zero attached hydrogens (tertiary/aromatic N) is 1. The standard InChI is InChI=1S/C20H36N2O.ClH/c1-17(2)10-8-11-18(3)12-9-13-19(4)16-20(23)21-14-15-22(5,6)7;/h10,12,16H,8-9,11,13-15H2,1-7H3;1H/b18-12+,19-16+;. The average Bonchev–Trinajstić information content (AvgIpc) is 2.36. The van der Waals surface area contributed by atoms with Crippen LogP contribution in [-0.4, -0.2) is 44.6 Å². The first-order valence-electron chi connectivity index (χ1n) is 8.64. The van der Waals surface area contributed by atoms with Crippen LogP contribution in [0.2, 0.25) is 0 Å². The lowest BCUT2D eigenvalue weighted by Crippen LogP contribution is -3.00. The summed E-state index contributed by atoms with van der Waals surface area (Å²) in [6.07, 6.45) is 10.5. The number of nitrogens with one attached hydrogen (secondary N) is 1. The van der Waals surface area contributed by atoms with Crippen molar-refractivity contribution >= 4 is 5.91 Å². The number of quaternary nitrogens is 1. The van der Waals surface area contributed by atoms with E-state index in [9.17, 15) is 4.79 Å². The van der Waals surface area contributed by atoms with E-state index in [-0.39, 0.29) is 18.3 Å². The Bertz CT molecular complexity index is 453. The maximum atomic E-state index is 11.8. The Morgan fingerprint density at radius 3 is 2.00 bits per heavy atom. The van der Waals surface area contributed by atoms with Crippen LogP contribution in [-0.2, 0) is 4.79 Å². The van der Waals surface area contributed by atoms with Crippen LogP contribution in [0.25, 0.3) is 0 Å². The van der Waals surface area contributed by atoms with E-state index in [4.69, 9.17) is 0 Å². The smallest absolute Gasteiger partial charge is 0.244 e. The Morgan fingerprint density at radius 2 is 1.46 bits per heavy atom. The zero-order valence-corrected chi connectivity index (χ0v) is 17.5. The molecule has 140 valence electrons. The van der Waals surface area contributed by atoms with Crippen molar-refractivity contribution in [3.05, 3.63) is 34.9 Å². The third-order valence-corrected chi connectivity index (χ3v) is 3.58. The first-order valence-corrected chi connectivity index (χ1v) is 8.64. The van der Waals surface area contributed by atoms with Crippen LogP contribution in [0, 0.1) is 0 Å². The van der Waals surface area contributed by atoms with Gasteiger partial charge in [0.15, 0.2) is 0 Å². The number of amides is 1. The van der Waals surface area contributed by atoms with Crippen LogP contribution in [0.1, 0.15) is 53.4 Å². The molecule has 0 rings (SSSR count). The highest BCUT2D eigenvalue weighted by atomic mass is 35.5. The summed E-state index contributed by atoms with van der Waals surface area (Å²) in [7, 11) is 6.37. The highest BCUT2D eigenvalue weighted by molar-refractivity contribution is 5.88. The van der Waals surface area contributed by atoms with Crippen molar-refractivity contribution in [2.45, 2.75) is 53.4 Å². The van der Waals surface area contributed by atoms with Crippen molar-refractivity contribution in [3.63, 3.8) is 0 Å². The largest absolute Gasteiger partial charge is 1.00 e. The molecule has 1 amide bonds. The molecule has 0 aromatic rings. The Balaban J connectivity index is 0. The van der Waals surface area contributed by atoms with Crippen molar-refractivity contribution < 1.29 is 21.7 Å². The number of halogens is 1. The van der Waals surface area contributed by atoms with Crippen molar-refractivity contribution in [3.8, 4) is 0 Å². The van der Waals surface area contributed by atoms with Gasteiger partial charge in [0, 0.05) is 6.08 Å². The fourth-order valence-corrected chi connectivity index (χ4v) is 2.10. The zero-order valence-electron chi connectivity index (χ0n) is 16.7. The van der Waals surface area contributed by atoms with Crippen LogP contribution >= 0.6 is 0 Å². The first-order chi connectivity index (χ1) is 10.6. The van der Waals surface area contributed by atoms with Crippen molar-refractivity contribution in [1.82, 2.24) is 5.32 Å². The molecular formula is C20H37ClN2O. The molecule has 0 aromatic carbocycles. The molecule has 0 aliphatic heterocycles. The van der Waals surface area contributed by atoms with Gasteiger partial charge in [0.05, 0.1) is 34.2 Å². The number of allylic oxidation sites excluding steroid dienone is 5. The third kappa shape index (κ3) is 17.3. The Hall–Kier alpha value is -1.06. The second-order valence-electron chi connectivity index (χ2n) is 7.70. The molecule has 0 aliphatic carbocycles. The molecule has 0 unspecified atom stereocenters. The number of hydrogen-bond acceptors (Lipinski definition) is 1. The van der Waals surface area contributed by atoms with Gasteiger partial charge in [-0.25, -0.2) is 0 Å². The summed E-state index contributed by atoms with van der Waals surface area (Å²) in [5.41, 5.74) is 3.96. The average molecular weight is 357 g/mol. The molecule has 24 heavy (non-hydrogen) atoms. The van der Waals surface area contributed by atoms with E-state index in [1.807, 2.05) is 6.92 Å². The molecule has 0 aliphatic rings. The molecule has 0 saturated heterocycles. The van der Waals surface area contributed by atoms with Gasteiger partial charge in [-0.2, -0.15) is 0 Å². The predicted molar refractivity (Wildman–Crippen MR) is 101 cm³/mol. The first kappa shape index (κ1) is 25.2. The summed E-state index contributed by atoms with van der Waals surface area (Å²) in [4.78, 5) is 11.8. The summed E-state index contributed by atoms with van der Waals surface area (Å²) in [6, 6.07) is 0. The van der Waals surface area contributed by atoms with Crippen molar-refractivity contribution in [2.24, 2.45) is 0 Å². The number of carbonyl (C=O) groups is 1. The van der Waals surface area contributed by atoms with E-state index in [0.717, 1.165) is 48.8 Å². The molecule has 1 N–H and O–H groups in total. The molecule has 0 atom stereocenters. The fourth-order valence-electron chi connectivity index (χ4n) is 2.10. The molecule has 0 saturated carbocycles. The van der Waals surface area contributed by atoms with E-state index >= 15 is 0 Å². The maximum Gasteiger partial charge on any atom is 0.244 e. The maximum absolute atomic E-state index is 11.8. The Kier molecular flexibility index (Phi) is 13.9. The lowest BCUT2D eigenvalue weighted by Gasteiger charge is -2.23. The van der Waals surface area contributed by atoms with Gasteiger partial charge in [-0.15, -0.1) is 0 Å². The number of hydrogen-bond donors (Lipinski definition) is 1. The van der Waals surface area contributed by atoms with Crippen molar-refractivity contribution in [2.75, 3.05) is 34.2 Å². The lowest BCUT2D eigenvalue weighted by atomic mass is 10.1. The summed E-state index contributed by atoms with van der Waals surface area (Å²) in [6.45, 7) is 10.2. The second kappa shape index (κ2) is 13.3. The minimum atomic E-state index is 0. The van der Waals surface area contributed by atoms with E-state index in [0.29, 0.717) is 0 Å². The van der Waals surface area contributed by atoms with Gasteiger partial charge in [0.2, 0.25) is 5.91 Å². The van der Waals surface area contributed by atoms with Crippen LogP contribution in [0.5, 0.6) is 0 Å². The molecule has 3 nitrogen and oxygen atoms in total. The molecule has 0 spiro atoms. The van der Waals surface area contributed by atoms with E-state index in [2.05, 4.69) is 59.4 Å². The monoisotopic (exact) mass is 356 g/mol. The summed E-state index contributed by atoms with van der Waals surface area (Å²) >= 11 is 0. The number of rotatable bonds is 10. The predicted octanol–water partition coefficient (Wildman–Crippen LogP) is 1.23. The van der Waals surface area contributed by atoms with E-state index in [1.165, 1.54) is 11.1 Å². The topological polar surface area (TPSA) is 29.1 Å². The van der Waals surface area contributed by atoms with Crippen LogP contribution in [0.4, 0.5) is 0 Å². The van der Waals surface area contributed by atoms with Crippen LogP contribution < -0.4 is 17.7 Å². The third-order valence-electron chi connectivity index (χ3n) is 3.58. The SMILES string of the molecule is CC(C)=CCC/C(C)=C/CC/C(C)=C/C(=O)NCC[N+](C)(C)C.[Cl-]. The molecular weight excluding hydrogens is 320 g/mol. The van der Waals surface area contributed by atoms with Gasteiger partial charge in [-0.1, -0.05) is 28.9 Å². The van der Waals surface area contributed by atoms with Gasteiger partial charge < -0.3 is 22.2 Å².